The number of nitrogens with zero attached hydrogens (tertiary/aromatic N) is 1. The maximum absolute atomic E-state index is 11.8. The molecular weight excluding hydrogens is 192 g/mol. The molecule has 4 heteroatoms. The standard InChI is InChI=1S/C11H20N2O2/c1-7(2)10(14)9-5-4-6-13(9)11(15)8(3)12/h7-9H,4-6,12H2,1-3H3/t8-,9+/m1/s1. The molecule has 1 saturated heterocycles. The minimum Gasteiger partial charge on any atom is -0.331 e. The van der Waals surface area contributed by atoms with E-state index in [1.807, 2.05) is 13.8 Å². The van der Waals surface area contributed by atoms with Crippen LogP contribution in [0.1, 0.15) is 33.6 Å². The lowest BCUT2D eigenvalue weighted by Crippen LogP contribution is -2.48. The van der Waals surface area contributed by atoms with Crippen molar-refractivity contribution in [2.75, 3.05) is 6.54 Å². The molecule has 1 amide bonds. The molecule has 2 atom stereocenters. The summed E-state index contributed by atoms with van der Waals surface area (Å²) >= 11 is 0. The van der Waals surface area contributed by atoms with E-state index in [1.54, 1.807) is 11.8 Å². The Balaban J connectivity index is 2.73. The van der Waals surface area contributed by atoms with E-state index < -0.39 is 6.04 Å². The van der Waals surface area contributed by atoms with Crippen LogP contribution in [0, 0.1) is 5.92 Å². The lowest BCUT2D eigenvalue weighted by Gasteiger charge is -2.26. The Morgan fingerprint density at radius 3 is 2.40 bits per heavy atom. The third kappa shape index (κ3) is 2.56. The summed E-state index contributed by atoms with van der Waals surface area (Å²) < 4.78 is 0. The molecule has 0 aromatic heterocycles. The molecule has 1 rings (SSSR count). The molecule has 1 aliphatic rings. The molecule has 1 aliphatic heterocycles. The predicted octanol–water partition coefficient (Wildman–Crippen LogP) is 0.550. The average molecular weight is 212 g/mol. The van der Waals surface area contributed by atoms with Gasteiger partial charge >= 0.3 is 0 Å². The van der Waals surface area contributed by atoms with Crippen molar-refractivity contribution in [2.45, 2.75) is 45.7 Å². The fourth-order valence-corrected chi connectivity index (χ4v) is 1.97. The fourth-order valence-electron chi connectivity index (χ4n) is 1.97. The smallest absolute Gasteiger partial charge is 0.239 e. The Hall–Kier alpha value is -0.900. The van der Waals surface area contributed by atoms with Gasteiger partial charge in [-0.15, -0.1) is 0 Å². The summed E-state index contributed by atoms with van der Waals surface area (Å²) in [5, 5.41) is 0. The number of amides is 1. The Labute approximate surface area is 90.8 Å². The maximum Gasteiger partial charge on any atom is 0.239 e. The van der Waals surface area contributed by atoms with Gasteiger partial charge in [0.25, 0.3) is 0 Å². The van der Waals surface area contributed by atoms with E-state index in [0.717, 1.165) is 12.8 Å². The van der Waals surface area contributed by atoms with Crippen molar-refractivity contribution >= 4 is 11.7 Å². The number of carbonyl (C=O) groups is 2. The summed E-state index contributed by atoms with van der Waals surface area (Å²) in [7, 11) is 0. The number of hydrogen-bond acceptors (Lipinski definition) is 3. The Kier molecular flexibility index (Phi) is 3.85. The van der Waals surface area contributed by atoms with Crippen molar-refractivity contribution < 1.29 is 9.59 Å². The number of nitrogens with two attached hydrogens (primary N) is 1. The van der Waals surface area contributed by atoms with Crippen molar-refractivity contribution in [1.29, 1.82) is 0 Å². The third-order valence-corrected chi connectivity index (χ3v) is 2.82. The first-order valence-electron chi connectivity index (χ1n) is 5.55. The van der Waals surface area contributed by atoms with Crippen LogP contribution in [0.3, 0.4) is 0 Å². The van der Waals surface area contributed by atoms with Gasteiger partial charge in [-0.05, 0) is 19.8 Å². The maximum atomic E-state index is 11.8. The molecule has 0 aromatic rings. The van der Waals surface area contributed by atoms with Crippen LogP contribution < -0.4 is 5.73 Å². The summed E-state index contributed by atoms with van der Waals surface area (Å²) in [6.45, 7) is 6.07. The van der Waals surface area contributed by atoms with Crippen LogP contribution in [0.4, 0.5) is 0 Å². The van der Waals surface area contributed by atoms with Gasteiger partial charge in [-0.2, -0.15) is 0 Å². The lowest BCUT2D eigenvalue weighted by atomic mass is 9.99. The molecule has 0 radical (unpaired) electrons. The van der Waals surface area contributed by atoms with Crippen LogP contribution in [0.5, 0.6) is 0 Å². The Morgan fingerprint density at radius 1 is 1.33 bits per heavy atom. The van der Waals surface area contributed by atoms with Crippen molar-refractivity contribution in [2.24, 2.45) is 11.7 Å². The van der Waals surface area contributed by atoms with Crippen molar-refractivity contribution in [1.82, 2.24) is 4.90 Å². The number of hydrogen-bond donors (Lipinski definition) is 1. The highest BCUT2D eigenvalue weighted by Gasteiger charge is 2.35. The minimum atomic E-state index is -0.509. The molecule has 86 valence electrons. The van der Waals surface area contributed by atoms with E-state index in [0.29, 0.717) is 6.54 Å². The number of ketones is 1. The number of Topliss-reactive ketones (excluding diaryl/α,β-unsaturated/α-hetero) is 1. The van der Waals surface area contributed by atoms with Gasteiger partial charge in [0.2, 0.25) is 5.91 Å². The van der Waals surface area contributed by atoms with Crippen LogP contribution in [0.2, 0.25) is 0 Å². The van der Waals surface area contributed by atoms with Crippen LogP contribution in [0.15, 0.2) is 0 Å². The first-order valence-corrected chi connectivity index (χ1v) is 5.55. The van der Waals surface area contributed by atoms with E-state index in [9.17, 15) is 9.59 Å². The second-order valence-electron chi connectivity index (χ2n) is 4.54. The molecule has 0 unspecified atom stereocenters. The van der Waals surface area contributed by atoms with Gasteiger partial charge in [0.15, 0.2) is 5.78 Å². The SMILES string of the molecule is CC(C)C(=O)[C@@H]1CCCN1C(=O)[C@@H](C)N. The van der Waals surface area contributed by atoms with Crippen LogP contribution >= 0.6 is 0 Å². The summed E-state index contributed by atoms with van der Waals surface area (Å²) in [5.74, 6) is 0.0319. The zero-order chi connectivity index (χ0) is 11.6. The third-order valence-electron chi connectivity index (χ3n) is 2.82. The highest BCUT2D eigenvalue weighted by Crippen LogP contribution is 2.21. The van der Waals surface area contributed by atoms with E-state index in [-0.39, 0.29) is 23.7 Å². The van der Waals surface area contributed by atoms with Gasteiger partial charge in [-0.1, -0.05) is 13.8 Å². The average Bonchev–Trinajstić information content (AvgIpc) is 2.63. The predicted molar refractivity (Wildman–Crippen MR) is 58.2 cm³/mol. The zero-order valence-electron chi connectivity index (χ0n) is 9.69. The van der Waals surface area contributed by atoms with Crippen LogP contribution in [-0.2, 0) is 9.59 Å². The van der Waals surface area contributed by atoms with Crippen molar-refractivity contribution in [3.63, 3.8) is 0 Å². The molecular formula is C11H20N2O2. The zero-order valence-corrected chi connectivity index (χ0v) is 9.69. The molecule has 1 heterocycles. The summed E-state index contributed by atoms with van der Waals surface area (Å²) in [6, 6.07) is -0.742. The number of rotatable bonds is 3. The van der Waals surface area contributed by atoms with E-state index in [4.69, 9.17) is 5.73 Å². The van der Waals surface area contributed by atoms with Crippen LogP contribution in [0.25, 0.3) is 0 Å². The van der Waals surface area contributed by atoms with Gasteiger partial charge < -0.3 is 10.6 Å². The molecule has 2 N–H and O–H groups in total. The normalized spacial score (nSPS) is 23.3. The summed E-state index contributed by atoms with van der Waals surface area (Å²) in [5.41, 5.74) is 5.55. The summed E-state index contributed by atoms with van der Waals surface area (Å²) in [4.78, 5) is 25.2. The van der Waals surface area contributed by atoms with Crippen molar-refractivity contribution in [3.05, 3.63) is 0 Å². The summed E-state index contributed by atoms with van der Waals surface area (Å²) in [6.07, 6.45) is 1.69. The highest BCUT2D eigenvalue weighted by molar-refractivity contribution is 5.92. The molecule has 0 aliphatic carbocycles. The topological polar surface area (TPSA) is 63.4 Å². The monoisotopic (exact) mass is 212 g/mol. The quantitative estimate of drug-likeness (QED) is 0.743. The first-order chi connectivity index (χ1) is 6.95. The van der Waals surface area contributed by atoms with Gasteiger partial charge in [-0.3, -0.25) is 9.59 Å². The van der Waals surface area contributed by atoms with E-state index >= 15 is 0 Å². The van der Waals surface area contributed by atoms with Gasteiger partial charge in [0.1, 0.15) is 0 Å². The minimum absolute atomic E-state index is 0.0171. The number of carbonyl (C=O) groups excluding carboxylic acids is 2. The molecule has 0 spiro atoms. The fraction of sp³-hybridized carbons (Fsp3) is 0.818. The lowest BCUT2D eigenvalue weighted by molar-refractivity contribution is -0.139. The van der Waals surface area contributed by atoms with Crippen LogP contribution in [-0.4, -0.2) is 35.2 Å². The highest BCUT2D eigenvalue weighted by atomic mass is 16.2. The van der Waals surface area contributed by atoms with Gasteiger partial charge in [0.05, 0.1) is 12.1 Å². The molecule has 0 bridgehead atoms. The van der Waals surface area contributed by atoms with E-state index in [1.165, 1.54) is 0 Å². The van der Waals surface area contributed by atoms with Gasteiger partial charge in [0, 0.05) is 12.5 Å². The Morgan fingerprint density at radius 2 is 1.93 bits per heavy atom. The largest absolute Gasteiger partial charge is 0.331 e. The van der Waals surface area contributed by atoms with Crippen molar-refractivity contribution in [3.8, 4) is 0 Å². The second-order valence-corrected chi connectivity index (χ2v) is 4.54. The second kappa shape index (κ2) is 4.75. The molecule has 15 heavy (non-hydrogen) atoms. The van der Waals surface area contributed by atoms with E-state index in [2.05, 4.69) is 0 Å². The molecule has 1 fully saturated rings. The molecule has 0 saturated carbocycles. The van der Waals surface area contributed by atoms with Gasteiger partial charge in [-0.25, -0.2) is 0 Å². The Bertz CT molecular complexity index is 235. The molecule has 0 aromatic carbocycles. The molecule has 4 nitrogen and oxygen atoms in total. The number of likely N-dealkylation sites (tertiary alicyclic amines) is 1. The first kappa shape index (κ1) is 12.2.